The lowest BCUT2D eigenvalue weighted by Gasteiger charge is -2.40. The van der Waals surface area contributed by atoms with Crippen LogP contribution in [0.1, 0.15) is 29.7 Å². The first-order chi connectivity index (χ1) is 14.3. The molecule has 3 N–H and O–H groups in total. The third kappa shape index (κ3) is 5.48. The third-order valence-corrected chi connectivity index (χ3v) is 5.29. The maximum atomic E-state index is 13.7. The van der Waals surface area contributed by atoms with Gasteiger partial charge in [-0.25, -0.2) is 0 Å². The number of hydrogen-bond acceptors (Lipinski definition) is 4. The van der Waals surface area contributed by atoms with Crippen molar-refractivity contribution in [1.82, 2.24) is 10.3 Å². The number of nitrogens with one attached hydrogen (secondary N) is 1. The fraction of sp³-hybridized carbons (Fsp3) is 0.333. The van der Waals surface area contributed by atoms with E-state index in [0.717, 1.165) is 6.07 Å². The SMILES string of the molecule is CC(c1ccccc1)N1CCN(c2ccc(/C=N/NC(N)=S)cc2C(F)(F)F)CC1. The van der Waals surface area contributed by atoms with Crippen molar-refractivity contribution in [2.24, 2.45) is 10.8 Å². The minimum atomic E-state index is -4.47. The van der Waals surface area contributed by atoms with Crippen LogP contribution in [-0.4, -0.2) is 42.4 Å². The van der Waals surface area contributed by atoms with Crippen LogP contribution in [-0.2, 0) is 6.18 Å². The van der Waals surface area contributed by atoms with Crippen LogP contribution >= 0.6 is 12.2 Å². The van der Waals surface area contributed by atoms with Crippen molar-refractivity contribution in [3.8, 4) is 0 Å². The normalized spacial score (nSPS) is 16.6. The molecular weight excluding hydrogens is 411 g/mol. The fourth-order valence-electron chi connectivity index (χ4n) is 3.60. The van der Waals surface area contributed by atoms with Crippen LogP contribution in [0.2, 0.25) is 0 Å². The van der Waals surface area contributed by atoms with Crippen molar-refractivity contribution < 1.29 is 13.2 Å². The van der Waals surface area contributed by atoms with Gasteiger partial charge < -0.3 is 10.6 Å². The Labute approximate surface area is 179 Å². The predicted molar refractivity (Wildman–Crippen MR) is 118 cm³/mol. The number of rotatable bonds is 5. The summed E-state index contributed by atoms with van der Waals surface area (Å²) in [6.07, 6.45) is -3.21. The molecule has 5 nitrogen and oxygen atoms in total. The van der Waals surface area contributed by atoms with Crippen molar-refractivity contribution >= 4 is 29.2 Å². The summed E-state index contributed by atoms with van der Waals surface area (Å²) in [5.41, 5.74) is 8.63. The minimum absolute atomic E-state index is 0.0542. The Hall–Kier alpha value is -2.65. The smallest absolute Gasteiger partial charge is 0.375 e. The van der Waals surface area contributed by atoms with Crippen molar-refractivity contribution in [3.05, 3.63) is 65.2 Å². The molecule has 2 aromatic carbocycles. The second kappa shape index (κ2) is 9.44. The number of hydrazone groups is 1. The quantitative estimate of drug-likeness (QED) is 0.426. The van der Waals surface area contributed by atoms with Crippen molar-refractivity contribution in [1.29, 1.82) is 0 Å². The highest BCUT2D eigenvalue weighted by Gasteiger charge is 2.36. The van der Waals surface area contributed by atoms with Gasteiger partial charge in [0.25, 0.3) is 0 Å². The van der Waals surface area contributed by atoms with Gasteiger partial charge in [-0.05, 0) is 42.4 Å². The number of anilines is 1. The van der Waals surface area contributed by atoms with Gasteiger partial charge in [-0.2, -0.15) is 18.3 Å². The summed E-state index contributed by atoms with van der Waals surface area (Å²) >= 11 is 4.62. The topological polar surface area (TPSA) is 56.9 Å². The molecule has 1 unspecified atom stereocenters. The number of nitrogens with two attached hydrogens (primary N) is 1. The second-order valence-corrected chi connectivity index (χ2v) is 7.56. The molecule has 2 aromatic rings. The number of piperazine rings is 1. The largest absolute Gasteiger partial charge is 0.418 e. The lowest BCUT2D eigenvalue weighted by Crippen LogP contribution is -2.47. The molecule has 0 saturated carbocycles. The zero-order chi connectivity index (χ0) is 21.7. The molecule has 0 spiro atoms. The molecule has 3 rings (SSSR count). The van der Waals surface area contributed by atoms with Gasteiger partial charge in [0.05, 0.1) is 11.8 Å². The van der Waals surface area contributed by atoms with E-state index in [1.54, 1.807) is 11.0 Å². The standard InChI is InChI=1S/C21H24F3N5S/c1-15(17-5-3-2-4-6-17)28-9-11-29(12-10-28)19-8-7-16(14-26-27-20(25)30)13-18(19)21(22,23)24/h2-8,13-15H,9-12H2,1H3,(H3,25,27,30)/b26-14+. The van der Waals surface area contributed by atoms with E-state index >= 15 is 0 Å². The van der Waals surface area contributed by atoms with Crippen LogP contribution in [0.25, 0.3) is 0 Å². The average molecular weight is 436 g/mol. The van der Waals surface area contributed by atoms with Crippen LogP contribution in [0.5, 0.6) is 0 Å². The van der Waals surface area contributed by atoms with E-state index in [0.29, 0.717) is 31.7 Å². The zero-order valence-corrected chi connectivity index (χ0v) is 17.4. The third-order valence-electron chi connectivity index (χ3n) is 5.20. The molecule has 0 radical (unpaired) electrons. The van der Waals surface area contributed by atoms with Crippen LogP contribution in [0.4, 0.5) is 18.9 Å². The summed E-state index contributed by atoms with van der Waals surface area (Å²) in [4.78, 5) is 4.09. The van der Waals surface area contributed by atoms with Crippen LogP contribution in [0.15, 0.2) is 53.6 Å². The van der Waals surface area contributed by atoms with Crippen LogP contribution in [0, 0.1) is 0 Å². The number of nitrogens with zero attached hydrogens (tertiary/aromatic N) is 3. The lowest BCUT2D eigenvalue weighted by molar-refractivity contribution is -0.137. The first kappa shape index (κ1) is 22.0. The Morgan fingerprint density at radius 3 is 2.40 bits per heavy atom. The molecule has 0 amide bonds. The van der Waals surface area contributed by atoms with E-state index in [1.165, 1.54) is 17.8 Å². The summed E-state index contributed by atoms with van der Waals surface area (Å²) in [5.74, 6) is 0. The molecule has 1 aliphatic rings. The molecule has 0 aliphatic carbocycles. The van der Waals surface area contributed by atoms with Crippen LogP contribution in [0.3, 0.4) is 0 Å². The maximum Gasteiger partial charge on any atom is 0.418 e. The maximum absolute atomic E-state index is 13.7. The van der Waals surface area contributed by atoms with E-state index in [1.807, 2.05) is 18.2 Å². The van der Waals surface area contributed by atoms with Gasteiger partial charge in [0.15, 0.2) is 5.11 Å². The molecule has 1 fully saturated rings. The Bertz CT molecular complexity index is 893. The van der Waals surface area contributed by atoms with Gasteiger partial charge in [-0.3, -0.25) is 10.3 Å². The molecule has 0 aromatic heterocycles. The minimum Gasteiger partial charge on any atom is -0.375 e. The summed E-state index contributed by atoms with van der Waals surface area (Å²) in [6, 6.07) is 14.5. The summed E-state index contributed by atoms with van der Waals surface area (Å²) < 4.78 is 41.2. The Morgan fingerprint density at radius 1 is 1.13 bits per heavy atom. The van der Waals surface area contributed by atoms with Gasteiger partial charge in [0.2, 0.25) is 0 Å². The van der Waals surface area contributed by atoms with E-state index in [2.05, 4.69) is 46.7 Å². The van der Waals surface area contributed by atoms with Gasteiger partial charge in [-0.1, -0.05) is 36.4 Å². The zero-order valence-electron chi connectivity index (χ0n) is 16.6. The molecule has 1 aliphatic heterocycles. The molecule has 9 heteroatoms. The number of halogens is 3. The molecule has 30 heavy (non-hydrogen) atoms. The van der Waals surface area contributed by atoms with E-state index < -0.39 is 11.7 Å². The monoisotopic (exact) mass is 435 g/mol. The Balaban J connectivity index is 1.74. The van der Waals surface area contributed by atoms with Gasteiger partial charge in [-0.15, -0.1) is 0 Å². The van der Waals surface area contributed by atoms with E-state index in [9.17, 15) is 13.2 Å². The molecule has 1 heterocycles. The summed E-state index contributed by atoms with van der Waals surface area (Å²) in [5, 5.41) is 3.68. The highest BCUT2D eigenvalue weighted by molar-refractivity contribution is 7.80. The summed E-state index contributed by atoms with van der Waals surface area (Å²) in [7, 11) is 0. The first-order valence-electron chi connectivity index (χ1n) is 9.59. The fourth-order valence-corrected chi connectivity index (χ4v) is 3.65. The number of thiocarbonyl (C=S) groups is 1. The molecule has 1 atom stereocenters. The highest BCUT2D eigenvalue weighted by atomic mass is 32.1. The van der Waals surface area contributed by atoms with Crippen molar-refractivity contribution in [3.63, 3.8) is 0 Å². The van der Waals surface area contributed by atoms with Crippen molar-refractivity contribution in [2.45, 2.75) is 19.1 Å². The Morgan fingerprint density at radius 2 is 1.80 bits per heavy atom. The van der Waals surface area contributed by atoms with Gasteiger partial charge in [0.1, 0.15) is 0 Å². The molecule has 1 saturated heterocycles. The van der Waals surface area contributed by atoms with Gasteiger partial charge in [0, 0.05) is 37.9 Å². The highest BCUT2D eigenvalue weighted by Crippen LogP contribution is 2.37. The second-order valence-electron chi connectivity index (χ2n) is 7.12. The number of hydrogen-bond donors (Lipinski definition) is 2. The van der Waals surface area contributed by atoms with E-state index in [4.69, 9.17) is 5.73 Å². The van der Waals surface area contributed by atoms with E-state index in [-0.39, 0.29) is 16.8 Å². The molecular formula is C21H24F3N5S. The average Bonchev–Trinajstić information content (AvgIpc) is 2.73. The number of alkyl halides is 3. The number of benzene rings is 2. The van der Waals surface area contributed by atoms with Crippen LogP contribution < -0.4 is 16.1 Å². The van der Waals surface area contributed by atoms with Crippen molar-refractivity contribution in [2.75, 3.05) is 31.1 Å². The molecule has 0 bridgehead atoms. The summed E-state index contributed by atoms with van der Waals surface area (Å²) in [6.45, 7) is 4.55. The van der Waals surface area contributed by atoms with Gasteiger partial charge >= 0.3 is 6.18 Å². The lowest BCUT2D eigenvalue weighted by atomic mass is 10.0. The Kier molecular flexibility index (Phi) is 6.94. The molecule has 160 valence electrons. The first-order valence-corrected chi connectivity index (χ1v) is 10.00. The predicted octanol–water partition coefficient (Wildman–Crippen LogP) is 3.76.